The van der Waals surface area contributed by atoms with Gasteiger partial charge in [0.15, 0.2) is 0 Å². The van der Waals surface area contributed by atoms with Crippen LogP contribution < -0.4 is 0 Å². The smallest absolute Gasteiger partial charge is 0.118 e. The van der Waals surface area contributed by atoms with Crippen molar-refractivity contribution < 1.29 is 4.42 Å². The van der Waals surface area contributed by atoms with Crippen LogP contribution in [0.5, 0.6) is 0 Å². The first-order valence-electron chi connectivity index (χ1n) is 8.26. The monoisotopic (exact) mass is 274 g/mol. The van der Waals surface area contributed by atoms with Gasteiger partial charge >= 0.3 is 0 Å². The minimum absolute atomic E-state index is 0.901. The average molecular weight is 274 g/mol. The Morgan fingerprint density at radius 3 is 2.60 bits per heavy atom. The molecule has 1 saturated carbocycles. The Hall–Kier alpha value is -0.800. The maximum absolute atomic E-state index is 5.73. The average Bonchev–Trinajstić information content (AvgIpc) is 2.99. The summed E-state index contributed by atoms with van der Waals surface area (Å²) in [7, 11) is 0. The zero-order chi connectivity index (χ0) is 13.5. The van der Waals surface area contributed by atoms with E-state index in [0.29, 0.717) is 0 Å². The first kappa shape index (κ1) is 12.9. The molecule has 0 bridgehead atoms. The molecule has 0 aromatic carbocycles. The van der Waals surface area contributed by atoms with Crippen molar-refractivity contribution in [3.63, 3.8) is 0 Å². The minimum Gasteiger partial charge on any atom is -0.465 e. The van der Waals surface area contributed by atoms with Gasteiger partial charge in [0.1, 0.15) is 11.5 Å². The van der Waals surface area contributed by atoms with Gasteiger partial charge in [-0.05, 0) is 62.6 Å². The highest BCUT2D eigenvalue weighted by atomic mass is 16.3. The van der Waals surface area contributed by atoms with Crippen molar-refractivity contribution in [3.05, 3.63) is 23.7 Å². The SMILES string of the molecule is Cc1ccc(CN2C[C@H]3CCN(CC4CC4)C[C@H]3C2)o1. The number of aryl methyl sites for hydroxylation is 1. The van der Waals surface area contributed by atoms with Crippen molar-refractivity contribution in [1.82, 2.24) is 9.80 Å². The molecule has 2 atom stereocenters. The van der Waals surface area contributed by atoms with Gasteiger partial charge in [0.05, 0.1) is 6.54 Å². The molecular formula is C17H26N2O. The predicted molar refractivity (Wildman–Crippen MR) is 79.5 cm³/mol. The van der Waals surface area contributed by atoms with E-state index in [9.17, 15) is 0 Å². The first-order chi connectivity index (χ1) is 9.76. The molecule has 2 aliphatic heterocycles. The van der Waals surface area contributed by atoms with E-state index >= 15 is 0 Å². The number of fused-ring (bicyclic) bond motifs is 1. The number of nitrogens with zero attached hydrogens (tertiary/aromatic N) is 2. The van der Waals surface area contributed by atoms with Crippen molar-refractivity contribution in [2.45, 2.75) is 32.7 Å². The molecule has 1 aromatic heterocycles. The lowest BCUT2D eigenvalue weighted by Gasteiger charge is -2.34. The van der Waals surface area contributed by atoms with Gasteiger partial charge < -0.3 is 9.32 Å². The van der Waals surface area contributed by atoms with Crippen molar-refractivity contribution >= 4 is 0 Å². The van der Waals surface area contributed by atoms with Crippen LogP contribution in [0.1, 0.15) is 30.8 Å². The van der Waals surface area contributed by atoms with E-state index in [1.165, 1.54) is 52.0 Å². The third-order valence-corrected chi connectivity index (χ3v) is 5.35. The molecule has 3 fully saturated rings. The third-order valence-electron chi connectivity index (χ3n) is 5.35. The number of likely N-dealkylation sites (tertiary alicyclic amines) is 2. The van der Waals surface area contributed by atoms with Crippen molar-refractivity contribution in [2.24, 2.45) is 17.8 Å². The van der Waals surface area contributed by atoms with Crippen LogP contribution in [0.4, 0.5) is 0 Å². The minimum atomic E-state index is 0.901. The summed E-state index contributed by atoms with van der Waals surface area (Å²) < 4.78 is 5.73. The van der Waals surface area contributed by atoms with Gasteiger partial charge in [-0.15, -0.1) is 0 Å². The van der Waals surface area contributed by atoms with Crippen LogP contribution in [-0.2, 0) is 6.54 Å². The Balaban J connectivity index is 1.32. The molecule has 20 heavy (non-hydrogen) atoms. The summed E-state index contributed by atoms with van der Waals surface area (Å²) in [5, 5.41) is 0. The second-order valence-corrected chi connectivity index (χ2v) is 7.22. The van der Waals surface area contributed by atoms with E-state index in [1.54, 1.807) is 0 Å². The molecule has 4 rings (SSSR count). The van der Waals surface area contributed by atoms with Gasteiger partial charge in [0, 0.05) is 26.2 Å². The number of piperidine rings is 1. The fraction of sp³-hybridized carbons (Fsp3) is 0.765. The Kier molecular flexibility index (Phi) is 3.35. The van der Waals surface area contributed by atoms with Crippen LogP contribution in [0.15, 0.2) is 16.5 Å². The summed E-state index contributed by atoms with van der Waals surface area (Å²) in [6.07, 6.45) is 4.37. The molecule has 3 heteroatoms. The Morgan fingerprint density at radius 1 is 1.05 bits per heavy atom. The van der Waals surface area contributed by atoms with E-state index in [2.05, 4.69) is 21.9 Å². The molecule has 0 N–H and O–H groups in total. The number of hydrogen-bond acceptors (Lipinski definition) is 3. The molecule has 0 spiro atoms. The fourth-order valence-corrected chi connectivity index (χ4v) is 4.09. The predicted octanol–water partition coefficient (Wildman–Crippen LogP) is 2.75. The largest absolute Gasteiger partial charge is 0.465 e. The van der Waals surface area contributed by atoms with Crippen molar-refractivity contribution in [2.75, 3.05) is 32.7 Å². The van der Waals surface area contributed by atoms with Gasteiger partial charge in [-0.25, -0.2) is 0 Å². The summed E-state index contributed by atoms with van der Waals surface area (Å²) in [6, 6.07) is 4.21. The topological polar surface area (TPSA) is 19.6 Å². The number of hydrogen-bond donors (Lipinski definition) is 0. The first-order valence-corrected chi connectivity index (χ1v) is 8.26. The lowest BCUT2D eigenvalue weighted by Crippen LogP contribution is -2.40. The van der Waals surface area contributed by atoms with Crippen LogP contribution in [-0.4, -0.2) is 42.5 Å². The molecule has 3 nitrogen and oxygen atoms in total. The van der Waals surface area contributed by atoms with E-state index in [4.69, 9.17) is 4.42 Å². The summed E-state index contributed by atoms with van der Waals surface area (Å²) in [5.41, 5.74) is 0. The van der Waals surface area contributed by atoms with Crippen LogP contribution >= 0.6 is 0 Å². The van der Waals surface area contributed by atoms with E-state index < -0.39 is 0 Å². The van der Waals surface area contributed by atoms with Gasteiger partial charge in [-0.2, -0.15) is 0 Å². The van der Waals surface area contributed by atoms with Gasteiger partial charge in [0.25, 0.3) is 0 Å². The van der Waals surface area contributed by atoms with Gasteiger partial charge in [0.2, 0.25) is 0 Å². The molecule has 1 aliphatic carbocycles. The van der Waals surface area contributed by atoms with Crippen molar-refractivity contribution in [1.29, 1.82) is 0 Å². The summed E-state index contributed by atoms with van der Waals surface area (Å²) in [4.78, 5) is 5.34. The number of rotatable bonds is 4. The zero-order valence-electron chi connectivity index (χ0n) is 12.6. The summed E-state index contributed by atoms with van der Waals surface area (Å²) in [6.45, 7) is 9.64. The lowest BCUT2D eigenvalue weighted by atomic mass is 9.88. The van der Waals surface area contributed by atoms with Crippen molar-refractivity contribution in [3.8, 4) is 0 Å². The zero-order valence-corrected chi connectivity index (χ0v) is 12.6. The molecular weight excluding hydrogens is 248 g/mol. The molecule has 0 unspecified atom stereocenters. The van der Waals surface area contributed by atoms with Crippen LogP contribution in [0.25, 0.3) is 0 Å². The van der Waals surface area contributed by atoms with Crippen LogP contribution in [0, 0.1) is 24.7 Å². The maximum atomic E-state index is 5.73. The summed E-state index contributed by atoms with van der Waals surface area (Å²) in [5.74, 6) is 5.04. The lowest BCUT2D eigenvalue weighted by molar-refractivity contribution is 0.143. The maximum Gasteiger partial charge on any atom is 0.118 e. The quantitative estimate of drug-likeness (QED) is 0.842. The second-order valence-electron chi connectivity index (χ2n) is 7.22. The highest BCUT2D eigenvalue weighted by molar-refractivity contribution is 5.06. The van der Waals surface area contributed by atoms with E-state index in [0.717, 1.165) is 35.8 Å². The van der Waals surface area contributed by atoms with E-state index in [1.807, 2.05) is 6.92 Å². The van der Waals surface area contributed by atoms with Crippen LogP contribution in [0.3, 0.4) is 0 Å². The molecule has 1 aromatic rings. The van der Waals surface area contributed by atoms with Crippen LogP contribution in [0.2, 0.25) is 0 Å². The van der Waals surface area contributed by atoms with E-state index in [-0.39, 0.29) is 0 Å². The highest BCUT2D eigenvalue weighted by Gasteiger charge is 2.38. The number of furan rings is 1. The van der Waals surface area contributed by atoms with Gasteiger partial charge in [-0.1, -0.05) is 0 Å². The fourth-order valence-electron chi connectivity index (χ4n) is 4.09. The second kappa shape index (κ2) is 5.19. The molecule has 0 amide bonds. The normalized spacial score (nSPS) is 31.6. The standard InChI is InChI=1S/C17H26N2O/c1-13-2-5-17(20-13)12-19-9-15-6-7-18(8-14-3-4-14)10-16(15)11-19/h2,5,14-16H,3-4,6-12H2,1H3/t15-,16+/m1/s1. The Morgan fingerprint density at radius 2 is 1.85 bits per heavy atom. The molecule has 3 aliphatic rings. The van der Waals surface area contributed by atoms with Gasteiger partial charge in [-0.3, -0.25) is 4.90 Å². The molecule has 0 radical (unpaired) electrons. The Bertz CT molecular complexity index is 465. The third kappa shape index (κ3) is 2.79. The molecule has 3 heterocycles. The molecule has 2 saturated heterocycles. The molecule has 110 valence electrons. The Labute approximate surface area is 121 Å². The summed E-state index contributed by atoms with van der Waals surface area (Å²) >= 11 is 0. The highest BCUT2D eigenvalue weighted by Crippen LogP contribution is 2.35.